The van der Waals surface area contributed by atoms with Gasteiger partial charge in [-0.3, -0.25) is 4.79 Å². The number of carbonyl (C=O) groups excluding carboxylic acids is 1. The minimum Gasteiger partial charge on any atom is -0.496 e. The van der Waals surface area contributed by atoms with Gasteiger partial charge in [-0.2, -0.15) is 0 Å². The van der Waals surface area contributed by atoms with Crippen LogP contribution in [-0.2, 0) is 4.79 Å². The van der Waals surface area contributed by atoms with Gasteiger partial charge in [-0.1, -0.05) is 18.2 Å². The molecule has 88 valence electrons. The Morgan fingerprint density at radius 2 is 2.19 bits per heavy atom. The SMILES string of the molecule is COc1ccccc1C(C)NC(=O)CCN. The number of hydrogen-bond donors (Lipinski definition) is 2. The number of nitrogens with two attached hydrogens (primary N) is 1. The zero-order valence-electron chi connectivity index (χ0n) is 9.69. The lowest BCUT2D eigenvalue weighted by Crippen LogP contribution is -2.28. The van der Waals surface area contributed by atoms with Gasteiger partial charge in [0.1, 0.15) is 5.75 Å². The van der Waals surface area contributed by atoms with E-state index in [-0.39, 0.29) is 11.9 Å². The maximum atomic E-state index is 11.4. The molecule has 3 N–H and O–H groups in total. The van der Waals surface area contributed by atoms with Gasteiger partial charge >= 0.3 is 0 Å². The Morgan fingerprint density at radius 3 is 2.81 bits per heavy atom. The summed E-state index contributed by atoms with van der Waals surface area (Å²) in [5.41, 5.74) is 6.28. The molecule has 1 amide bonds. The van der Waals surface area contributed by atoms with Gasteiger partial charge in [-0.05, 0) is 13.0 Å². The van der Waals surface area contributed by atoms with E-state index in [1.165, 1.54) is 0 Å². The highest BCUT2D eigenvalue weighted by molar-refractivity contribution is 5.76. The maximum absolute atomic E-state index is 11.4. The molecule has 0 spiro atoms. The van der Waals surface area contributed by atoms with Crippen LogP contribution in [0.1, 0.15) is 24.9 Å². The third-order valence-electron chi connectivity index (χ3n) is 2.35. The summed E-state index contributed by atoms with van der Waals surface area (Å²) in [6, 6.07) is 7.56. The van der Waals surface area contributed by atoms with Gasteiger partial charge < -0.3 is 15.8 Å². The van der Waals surface area contributed by atoms with Crippen molar-refractivity contribution in [3.05, 3.63) is 29.8 Å². The third kappa shape index (κ3) is 3.24. The molecule has 0 fully saturated rings. The van der Waals surface area contributed by atoms with Crippen LogP contribution in [0.15, 0.2) is 24.3 Å². The number of nitrogens with one attached hydrogen (secondary N) is 1. The van der Waals surface area contributed by atoms with Crippen LogP contribution in [-0.4, -0.2) is 19.6 Å². The lowest BCUT2D eigenvalue weighted by Gasteiger charge is -2.16. The molecule has 1 rings (SSSR count). The molecule has 0 aliphatic heterocycles. The van der Waals surface area contributed by atoms with Gasteiger partial charge in [0.15, 0.2) is 0 Å². The molecule has 0 aliphatic rings. The first-order valence-corrected chi connectivity index (χ1v) is 5.31. The Bertz CT molecular complexity index is 353. The molecule has 4 heteroatoms. The highest BCUT2D eigenvalue weighted by atomic mass is 16.5. The summed E-state index contributed by atoms with van der Waals surface area (Å²) in [4.78, 5) is 11.4. The van der Waals surface area contributed by atoms with Crippen LogP contribution >= 0.6 is 0 Å². The van der Waals surface area contributed by atoms with Crippen molar-refractivity contribution in [3.63, 3.8) is 0 Å². The van der Waals surface area contributed by atoms with E-state index in [9.17, 15) is 4.79 Å². The van der Waals surface area contributed by atoms with Gasteiger partial charge in [0.05, 0.1) is 13.2 Å². The molecule has 1 atom stereocenters. The third-order valence-corrected chi connectivity index (χ3v) is 2.35. The fraction of sp³-hybridized carbons (Fsp3) is 0.417. The zero-order valence-corrected chi connectivity index (χ0v) is 9.69. The molecule has 0 bridgehead atoms. The largest absolute Gasteiger partial charge is 0.496 e. The molecule has 0 heterocycles. The van der Waals surface area contributed by atoms with Gasteiger partial charge in [-0.15, -0.1) is 0 Å². The Balaban J connectivity index is 2.72. The molecular formula is C12H18N2O2. The summed E-state index contributed by atoms with van der Waals surface area (Å²) < 4.78 is 5.23. The maximum Gasteiger partial charge on any atom is 0.221 e. The number of amides is 1. The topological polar surface area (TPSA) is 64.3 Å². The van der Waals surface area contributed by atoms with Crippen molar-refractivity contribution in [2.75, 3.05) is 13.7 Å². The number of ether oxygens (including phenoxy) is 1. The van der Waals surface area contributed by atoms with E-state index in [1.807, 2.05) is 31.2 Å². The highest BCUT2D eigenvalue weighted by Gasteiger charge is 2.12. The molecule has 1 unspecified atom stereocenters. The average molecular weight is 222 g/mol. The number of carbonyl (C=O) groups is 1. The first kappa shape index (κ1) is 12.5. The first-order valence-electron chi connectivity index (χ1n) is 5.31. The van der Waals surface area contributed by atoms with Crippen molar-refractivity contribution < 1.29 is 9.53 Å². The normalized spacial score (nSPS) is 11.9. The van der Waals surface area contributed by atoms with Gasteiger partial charge in [0.25, 0.3) is 0 Å². The Morgan fingerprint density at radius 1 is 1.50 bits per heavy atom. The standard InChI is InChI=1S/C12H18N2O2/c1-9(14-12(15)7-8-13)10-5-3-4-6-11(10)16-2/h3-6,9H,7-8,13H2,1-2H3,(H,14,15). The molecule has 0 aliphatic carbocycles. The average Bonchev–Trinajstić information content (AvgIpc) is 2.29. The van der Waals surface area contributed by atoms with Crippen molar-refractivity contribution in [2.24, 2.45) is 5.73 Å². The number of rotatable bonds is 5. The van der Waals surface area contributed by atoms with Crippen LogP contribution in [0.3, 0.4) is 0 Å². The second-order valence-corrected chi connectivity index (χ2v) is 3.57. The summed E-state index contributed by atoms with van der Waals surface area (Å²) in [5, 5.41) is 2.87. The van der Waals surface area contributed by atoms with Crippen molar-refractivity contribution in [2.45, 2.75) is 19.4 Å². The minimum absolute atomic E-state index is 0.0408. The molecular weight excluding hydrogens is 204 g/mol. The van der Waals surface area contributed by atoms with Crippen LogP contribution in [0.4, 0.5) is 0 Å². The zero-order chi connectivity index (χ0) is 12.0. The van der Waals surface area contributed by atoms with Crippen molar-refractivity contribution in [3.8, 4) is 5.75 Å². The first-order chi connectivity index (χ1) is 7.69. The van der Waals surface area contributed by atoms with Crippen LogP contribution in [0, 0.1) is 0 Å². The van der Waals surface area contributed by atoms with Crippen molar-refractivity contribution in [1.29, 1.82) is 0 Å². The lowest BCUT2D eigenvalue weighted by molar-refractivity contribution is -0.121. The Kier molecular flexibility index (Phi) is 4.79. The fourth-order valence-electron chi connectivity index (χ4n) is 1.55. The van der Waals surface area contributed by atoms with Crippen LogP contribution in [0.5, 0.6) is 5.75 Å². The minimum atomic E-state index is -0.0739. The van der Waals surface area contributed by atoms with Crippen LogP contribution in [0.25, 0.3) is 0 Å². The predicted molar refractivity (Wildman–Crippen MR) is 63.2 cm³/mol. The van der Waals surface area contributed by atoms with E-state index in [2.05, 4.69) is 5.32 Å². The van der Waals surface area contributed by atoms with E-state index in [1.54, 1.807) is 7.11 Å². The molecule has 0 radical (unpaired) electrons. The molecule has 0 saturated heterocycles. The summed E-state index contributed by atoms with van der Waals surface area (Å²) in [6.07, 6.45) is 0.347. The number of para-hydroxylation sites is 1. The number of hydrogen-bond acceptors (Lipinski definition) is 3. The van der Waals surface area contributed by atoms with E-state index in [0.29, 0.717) is 13.0 Å². The second kappa shape index (κ2) is 6.12. The van der Waals surface area contributed by atoms with Crippen LogP contribution < -0.4 is 15.8 Å². The van der Waals surface area contributed by atoms with Gasteiger partial charge in [-0.25, -0.2) is 0 Å². The Labute approximate surface area is 95.8 Å². The van der Waals surface area contributed by atoms with Gasteiger partial charge in [0, 0.05) is 18.5 Å². The van der Waals surface area contributed by atoms with E-state index in [4.69, 9.17) is 10.5 Å². The smallest absolute Gasteiger partial charge is 0.221 e. The fourth-order valence-corrected chi connectivity index (χ4v) is 1.55. The summed E-state index contributed by atoms with van der Waals surface area (Å²) >= 11 is 0. The molecule has 0 saturated carbocycles. The number of benzene rings is 1. The van der Waals surface area contributed by atoms with Crippen molar-refractivity contribution in [1.82, 2.24) is 5.32 Å². The van der Waals surface area contributed by atoms with Crippen molar-refractivity contribution >= 4 is 5.91 Å². The summed E-state index contributed by atoms with van der Waals surface area (Å²) in [5.74, 6) is 0.740. The molecule has 16 heavy (non-hydrogen) atoms. The Hall–Kier alpha value is -1.55. The van der Waals surface area contributed by atoms with E-state index < -0.39 is 0 Å². The molecule has 0 aromatic heterocycles. The molecule has 4 nitrogen and oxygen atoms in total. The monoisotopic (exact) mass is 222 g/mol. The molecule has 1 aromatic carbocycles. The van der Waals surface area contributed by atoms with Crippen LogP contribution in [0.2, 0.25) is 0 Å². The lowest BCUT2D eigenvalue weighted by atomic mass is 10.1. The summed E-state index contributed by atoms with van der Waals surface area (Å²) in [7, 11) is 1.62. The van der Waals surface area contributed by atoms with Gasteiger partial charge in [0.2, 0.25) is 5.91 Å². The highest BCUT2D eigenvalue weighted by Crippen LogP contribution is 2.24. The predicted octanol–water partition coefficient (Wildman–Crippen LogP) is 1.22. The number of methoxy groups -OCH3 is 1. The molecule has 1 aromatic rings. The quantitative estimate of drug-likeness (QED) is 0.787. The summed E-state index contributed by atoms with van der Waals surface area (Å²) in [6.45, 7) is 2.29. The van der Waals surface area contributed by atoms with E-state index >= 15 is 0 Å². The second-order valence-electron chi connectivity index (χ2n) is 3.57. The van der Waals surface area contributed by atoms with E-state index in [0.717, 1.165) is 11.3 Å².